The van der Waals surface area contributed by atoms with Crippen molar-refractivity contribution in [3.63, 3.8) is 0 Å². The Hall–Kier alpha value is -2.38. The molecule has 1 unspecified atom stereocenters. The summed E-state index contributed by atoms with van der Waals surface area (Å²) in [5.74, 6) is -1.04. The highest BCUT2D eigenvalue weighted by atomic mass is 35.5. The molecule has 0 radical (unpaired) electrons. The number of nitrogens with zero attached hydrogens (tertiary/aromatic N) is 1. The lowest BCUT2D eigenvalue weighted by molar-refractivity contribution is 0.0697. The van der Waals surface area contributed by atoms with E-state index < -0.39 is 22.0 Å². The molecule has 0 aromatic heterocycles. The molecule has 0 aliphatic carbocycles. The summed E-state index contributed by atoms with van der Waals surface area (Å²) in [6, 6.07) is 19.4. The van der Waals surface area contributed by atoms with Crippen molar-refractivity contribution < 1.29 is 18.3 Å². The summed E-state index contributed by atoms with van der Waals surface area (Å²) in [7, 11) is -3.95. The molecule has 1 atom stereocenters. The number of hydrogen-bond donors (Lipinski definition) is 1. The van der Waals surface area contributed by atoms with E-state index >= 15 is 0 Å². The van der Waals surface area contributed by atoms with Gasteiger partial charge in [-0.1, -0.05) is 72.6 Å². The molecule has 0 saturated carbocycles. The Bertz CT molecular complexity index is 1170. The zero-order valence-corrected chi connectivity index (χ0v) is 19.0. The number of rotatable bonds is 8. The second-order valence-corrected chi connectivity index (χ2v) is 9.67. The largest absolute Gasteiger partial charge is 0.478 e. The minimum atomic E-state index is -3.95. The Morgan fingerprint density at radius 1 is 0.968 bits per heavy atom. The third-order valence-electron chi connectivity index (χ3n) is 4.96. The number of benzene rings is 3. The third-order valence-corrected chi connectivity index (χ3v) is 7.55. The average molecular weight is 478 g/mol. The highest BCUT2D eigenvalue weighted by Gasteiger charge is 2.32. The maximum Gasteiger partial charge on any atom is 0.335 e. The Balaban J connectivity index is 2.08. The van der Waals surface area contributed by atoms with E-state index in [1.807, 2.05) is 37.3 Å². The lowest BCUT2D eigenvalue weighted by atomic mass is 10.0. The van der Waals surface area contributed by atoms with Gasteiger partial charge in [0.2, 0.25) is 10.0 Å². The van der Waals surface area contributed by atoms with Gasteiger partial charge in [-0.15, -0.1) is 0 Å². The standard InChI is InChI=1S/C23H21Cl2NO4S/c1-2-22(17-6-4-3-5-7-17)26(15-16-8-10-18(11-9-16)23(27)28)31(29,30)19-12-13-20(24)21(25)14-19/h3-14,22H,2,15H2,1H3,(H,27,28). The van der Waals surface area contributed by atoms with Crippen molar-refractivity contribution >= 4 is 39.2 Å². The fraction of sp³-hybridized carbons (Fsp3) is 0.174. The number of hydrogen-bond acceptors (Lipinski definition) is 3. The van der Waals surface area contributed by atoms with Crippen molar-refractivity contribution in [2.45, 2.75) is 30.8 Å². The van der Waals surface area contributed by atoms with Gasteiger partial charge in [-0.3, -0.25) is 0 Å². The Kier molecular flexibility index (Phi) is 7.38. The zero-order valence-electron chi connectivity index (χ0n) is 16.7. The molecule has 31 heavy (non-hydrogen) atoms. The minimum Gasteiger partial charge on any atom is -0.478 e. The van der Waals surface area contributed by atoms with Crippen molar-refractivity contribution in [2.24, 2.45) is 0 Å². The van der Waals surface area contributed by atoms with Gasteiger partial charge < -0.3 is 5.11 Å². The first-order valence-electron chi connectivity index (χ1n) is 9.58. The molecule has 0 bridgehead atoms. The Labute approximate surface area is 191 Å². The van der Waals surface area contributed by atoms with Crippen molar-refractivity contribution in [1.82, 2.24) is 4.31 Å². The van der Waals surface area contributed by atoms with E-state index in [1.165, 1.54) is 34.6 Å². The van der Waals surface area contributed by atoms with Crippen LogP contribution in [0, 0.1) is 0 Å². The molecule has 0 aliphatic heterocycles. The summed E-state index contributed by atoms with van der Waals surface area (Å²) in [4.78, 5) is 11.2. The van der Waals surface area contributed by atoms with Crippen LogP contribution in [0.5, 0.6) is 0 Å². The molecule has 8 heteroatoms. The molecule has 0 aliphatic rings. The molecule has 1 N–H and O–H groups in total. The van der Waals surface area contributed by atoms with E-state index in [1.54, 1.807) is 12.1 Å². The Morgan fingerprint density at radius 2 is 1.61 bits per heavy atom. The Morgan fingerprint density at radius 3 is 2.16 bits per heavy atom. The maximum absolute atomic E-state index is 13.7. The molecule has 3 aromatic rings. The summed E-state index contributed by atoms with van der Waals surface area (Å²) in [5, 5.41) is 9.55. The molecule has 0 saturated heterocycles. The van der Waals surface area contributed by atoms with Crippen LogP contribution in [0.25, 0.3) is 0 Å². The van der Waals surface area contributed by atoms with Crippen molar-refractivity contribution in [3.8, 4) is 0 Å². The number of halogens is 2. The van der Waals surface area contributed by atoms with Gasteiger partial charge in [0.05, 0.1) is 26.5 Å². The van der Waals surface area contributed by atoms with Gasteiger partial charge in [-0.05, 0) is 47.9 Å². The predicted molar refractivity (Wildman–Crippen MR) is 122 cm³/mol. The number of carboxylic acid groups (broad SMARTS) is 1. The van der Waals surface area contributed by atoms with Gasteiger partial charge in [0.15, 0.2) is 0 Å². The third kappa shape index (κ3) is 5.28. The van der Waals surface area contributed by atoms with Crippen molar-refractivity contribution in [3.05, 3.63) is 99.5 Å². The van der Waals surface area contributed by atoms with E-state index in [-0.39, 0.29) is 27.0 Å². The minimum absolute atomic E-state index is 0.0402. The lowest BCUT2D eigenvalue weighted by Gasteiger charge is -2.31. The number of carbonyl (C=O) groups is 1. The van der Waals surface area contributed by atoms with Crippen LogP contribution in [0.3, 0.4) is 0 Å². The van der Waals surface area contributed by atoms with Gasteiger partial charge in [0.1, 0.15) is 0 Å². The second kappa shape index (κ2) is 9.83. The number of aromatic carboxylic acids is 1. The van der Waals surface area contributed by atoms with Crippen molar-refractivity contribution in [2.75, 3.05) is 0 Å². The topological polar surface area (TPSA) is 74.7 Å². The predicted octanol–water partition coefficient (Wildman–Crippen LogP) is 6.03. The van der Waals surface area contributed by atoms with Gasteiger partial charge in [0.25, 0.3) is 0 Å². The normalized spacial score (nSPS) is 12.6. The molecule has 0 heterocycles. The van der Waals surface area contributed by atoms with Crippen LogP contribution in [0.15, 0.2) is 77.7 Å². The van der Waals surface area contributed by atoms with Gasteiger partial charge in [0, 0.05) is 6.54 Å². The number of sulfonamides is 1. The molecule has 162 valence electrons. The van der Waals surface area contributed by atoms with Crippen LogP contribution >= 0.6 is 23.2 Å². The van der Waals surface area contributed by atoms with Crippen LogP contribution in [-0.2, 0) is 16.6 Å². The van der Waals surface area contributed by atoms with E-state index in [4.69, 9.17) is 28.3 Å². The van der Waals surface area contributed by atoms with Crippen LogP contribution in [0.2, 0.25) is 10.0 Å². The molecule has 5 nitrogen and oxygen atoms in total. The van der Waals surface area contributed by atoms with Crippen LogP contribution in [0.4, 0.5) is 0 Å². The maximum atomic E-state index is 13.7. The summed E-state index contributed by atoms with van der Waals surface area (Å²) < 4.78 is 28.8. The average Bonchev–Trinajstić information content (AvgIpc) is 2.76. The quantitative estimate of drug-likeness (QED) is 0.429. The molecule has 0 amide bonds. The summed E-state index contributed by atoms with van der Waals surface area (Å²) >= 11 is 12.1. The first-order valence-corrected chi connectivity index (χ1v) is 11.8. The molecular formula is C23H21Cl2NO4S. The molecular weight excluding hydrogens is 457 g/mol. The van der Waals surface area contributed by atoms with E-state index in [0.717, 1.165) is 5.56 Å². The first-order chi connectivity index (χ1) is 14.7. The highest BCUT2D eigenvalue weighted by Crippen LogP contribution is 2.34. The van der Waals surface area contributed by atoms with Crippen LogP contribution in [-0.4, -0.2) is 23.8 Å². The molecule has 0 spiro atoms. The SMILES string of the molecule is CCC(c1ccccc1)N(Cc1ccc(C(=O)O)cc1)S(=O)(=O)c1ccc(Cl)c(Cl)c1. The fourth-order valence-corrected chi connectivity index (χ4v) is 5.41. The zero-order chi connectivity index (χ0) is 22.6. The monoisotopic (exact) mass is 477 g/mol. The van der Waals surface area contributed by atoms with Crippen LogP contribution in [0.1, 0.15) is 40.9 Å². The molecule has 3 rings (SSSR count). The summed E-state index contributed by atoms with van der Waals surface area (Å²) in [6.45, 7) is 1.98. The molecule has 3 aromatic carbocycles. The van der Waals surface area contributed by atoms with E-state index in [2.05, 4.69) is 0 Å². The van der Waals surface area contributed by atoms with Gasteiger partial charge >= 0.3 is 5.97 Å². The van der Waals surface area contributed by atoms with Crippen LogP contribution < -0.4 is 0 Å². The van der Waals surface area contributed by atoms with Gasteiger partial charge in [-0.25, -0.2) is 13.2 Å². The first kappa shape index (κ1) is 23.3. The van der Waals surface area contributed by atoms with E-state index in [0.29, 0.717) is 12.0 Å². The fourth-order valence-electron chi connectivity index (χ4n) is 3.35. The second-order valence-electron chi connectivity index (χ2n) is 6.96. The summed E-state index contributed by atoms with van der Waals surface area (Å²) in [6.07, 6.45) is 0.539. The highest BCUT2D eigenvalue weighted by molar-refractivity contribution is 7.89. The van der Waals surface area contributed by atoms with Crippen molar-refractivity contribution in [1.29, 1.82) is 0 Å². The van der Waals surface area contributed by atoms with Gasteiger partial charge in [-0.2, -0.15) is 4.31 Å². The summed E-state index contributed by atoms with van der Waals surface area (Å²) in [5.41, 5.74) is 1.66. The smallest absolute Gasteiger partial charge is 0.335 e. The molecule has 0 fully saturated rings. The lowest BCUT2D eigenvalue weighted by Crippen LogP contribution is -2.34. The number of carboxylic acids is 1. The van der Waals surface area contributed by atoms with E-state index in [9.17, 15) is 13.2 Å².